The first kappa shape index (κ1) is 4.95. The van der Waals surface area contributed by atoms with Crippen LogP contribution in [0, 0.1) is 11.0 Å². The molecule has 0 fully saturated rings. The number of nitrogens with one attached hydrogen (secondary N) is 1. The zero-order chi connectivity index (χ0) is 4.50. The number of hydrogen-bond acceptors (Lipinski definition) is 2. The van der Waals surface area contributed by atoms with Gasteiger partial charge in [-0.2, -0.15) is 0 Å². The molecule has 0 aliphatic heterocycles. The summed E-state index contributed by atoms with van der Waals surface area (Å²) in [4.78, 5) is 0. The highest BCUT2D eigenvalue weighted by atomic mass is 32.2. The monoisotopic (exact) mass is 92.0 g/mol. The molecular weight excluding hydrogens is 86.1 g/mol. The molecule has 0 aliphatic rings. The van der Waals surface area contributed by atoms with Crippen LogP contribution in [0.3, 0.4) is 0 Å². The van der Waals surface area contributed by atoms with Crippen LogP contribution < -0.4 is 0 Å². The Labute approximate surface area is 32.2 Å². The molecular formula is C2H6NOS. The van der Waals surface area contributed by atoms with Crippen LogP contribution >= 0.6 is 0 Å². The average molecular weight is 92.1 g/mol. The van der Waals surface area contributed by atoms with E-state index >= 15 is 0 Å². The van der Waals surface area contributed by atoms with Crippen LogP contribution in [-0.4, -0.2) is 10.5 Å². The van der Waals surface area contributed by atoms with Crippen molar-refractivity contribution in [2.24, 2.45) is 0 Å². The lowest BCUT2D eigenvalue weighted by molar-refractivity contribution is 0.684. The van der Waals surface area contributed by atoms with Crippen molar-refractivity contribution < 1.29 is 4.21 Å². The SMILES string of the molecule is [CH2]S(C)(=N)=O. The molecule has 1 atom stereocenters. The molecule has 0 amide bonds. The van der Waals surface area contributed by atoms with Gasteiger partial charge in [0.05, 0.1) is 0 Å². The topological polar surface area (TPSA) is 40.9 Å². The third-order valence-corrected chi connectivity index (χ3v) is 0. The van der Waals surface area contributed by atoms with Crippen molar-refractivity contribution in [1.29, 1.82) is 4.78 Å². The van der Waals surface area contributed by atoms with E-state index < -0.39 is 9.73 Å². The zero-order valence-corrected chi connectivity index (χ0v) is 3.84. The minimum atomic E-state index is -2.42. The first-order valence-corrected chi connectivity index (χ1v) is 3.20. The van der Waals surface area contributed by atoms with Crippen molar-refractivity contribution in [3.63, 3.8) is 0 Å². The fourth-order valence-electron chi connectivity index (χ4n) is 0. The highest BCUT2D eigenvalue weighted by molar-refractivity contribution is 7.92. The van der Waals surface area contributed by atoms with Crippen LogP contribution in [-0.2, 0) is 9.73 Å². The highest BCUT2D eigenvalue weighted by Crippen LogP contribution is 1.70. The van der Waals surface area contributed by atoms with Crippen LogP contribution in [0.4, 0.5) is 0 Å². The van der Waals surface area contributed by atoms with Gasteiger partial charge < -0.3 is 0 Å². The minimum absolute atomic E-state index is 1.27. The first-order valence-electron chi connectivity index (χ1n) is 1.07. The van der Waals surface area contributed by atoms with E-state index in [0.29, 0.717) is 0 Å². The van der Waals surface area contributed by atoms with E-state index in [1.807, 2.05) is 0 Å². The Bertz CT molecular complexity index is 92.8. The Morgan fingerprint density at radius 3 is 2.00 bits per heavy atom. The second kappa shape index (κ2) is 0.971. The Balaban J connectivity index is 4.06. The molecule has 3 heteroatoms. The fraction of sp³-hybridized carbons (Fsp3) is 0.500. The van der Waals surface area contributed by atoms with Crippen molar-refractivity contribution >= 4 is 9.73 Å². The van der Waals surface area contributed by atoms with Gasteiger partial charge >= 0.3 is 0 Å². The maximum atomic E-state index is 9.74. The quantitative estimate of drug-likeness (QED) is 0.463. The molecule has 0 rings (SSSR count). The van der Waals surface area contributed by atoms with Gasteiger partial charge in [-0.1, -0.05) is 0 Å². The molecule has 0 aromatic heterocycles. The summed E-state index contributed by atoms with van der Waals surface area (Å²) in [6.45, 7) is 0. The van der Waals surface area contributed by atoms with Gasteiger partial charge in [0.25, 0.3) is 0 Å². The molecule has 0 spiro atoms. The molecule has 1 N–H and O–H groups in total. The zero-order valence-electron chi connectivity index (χ0n) is 3.02. The first-order chi connectivity index (χ1) is 2.00. The van der Waals surface area contributed by atoms with E-state index in [1.54, 1.807) is 0 Å². The lowest BCUT2D eigenvalue weighted by Gasteiger charge is -1.75. The lowest BCUT2D eigenvalue weighted by atomic mass is 11.9. The summed E-state index contributed by atoms with van der Waals surface area (Å²) < 4.78 is 16.1. The highest BCUT2D eigenvalue weighted by Gasteiger charge is 1.73. The Morgan fingerprint density at radius 1 is 2.00 bits per heavy atom. The number of hydrogen-bond donors (Lipinski definition) is 1. The van der Waals surface area contributed by atoms with Crippen LogP contribution in [0.1, 0.15) is 0 Å². The fourth-order valence-corrected chi connectivity index (χ4v) is 0. The smallest absolute Gasteiger partial charge is 0.0436 e. The van der Waals surface area contributed by atoms with E-state index in [0.717, 1.165) is 0 Å². The normalized spacial score (nSPS) is 11.6. The molecule has 0 aromatic carbocycles. The minimum Gasteiger partial charge on any atom is -0.253 e. The predicted molar refractivity (Wildman–Crippen MR) is 22.1 cm³/mol. The van der Waals surface area contributed by atoms with Gasteiger partial charge in [-0.05, 0) is 0 Å². The van der Waals surface area contributed by atoms with Gasteiger partial charge in [0.1, 0.15) is 0 Å². The maximum Gasteiger partial charge on any atom is 0.0436 e. The van der Waals surface area contributed by atoms with E-state index in [9.17, 15) is 4.21 Å². The molecule has 31 valence electrons. The van der Waals surface area contributed by atoms with Crippen LogP contribution in [0.15, 0.2) is 0 Å². The molecule has 0 heterocycles. The molecule has 0 bridgehead atoms. The molecule has 0 aliphatic carbocycles. The van der Waals surface area contributed by atoms with Crippen LogP contribution in [0.25, 0.3) is 0 Å². The number of rotatable bonds is 0. The van der Waals surface area contributed by atoms with Crippen molar-refractivity contribution in [2.45, 2.75) is 0 Å². The van der Waals surface area contributed by atoms with E-state index in [2.05, 4.69) is 6.26 Å². The third-order valence-electron chi connectivity index (χ3n) is 0. The summed E-state index contributed by atoms with van der Waals surface area (Å²) in [6, 6.07) is 0. The molecule has 0 saturated carbocycles. The molecule has 0 aromatic rings. The Hall–Kier alpha value is -0.0500. The largest absolute Gasteiger partial charge is 0.253 e. The average Bonchev–Trinajstić information content (AvgIpc) is 0.722. The van der Waals surface area contributed by atoms with E-state index in [1.165, 1.54) is 6.26 Å². The Kier molecular flexibility index (Phi) is 0.961. The van der Waals surface area contributed by atoms with E-state index in [4.69, 9.17) is 4.78 Å². The van der Waals surface area contributed by atoms with Gasteiger partial charge in [-0.25, -0.2) is 0 Å². The molecule has 0 saturated heterocycles. The van der Waals surface area contributed by atoms with Crippen molar-refractivity contribution in [3.8, 4) is 0 Å². The lowest BCUT2D eigenvalue weighted by Crippen LogP contribution is -1.78. The van der Waals surface area contributed by atoms with Gasteiger partial charge in [-0.15, -0.1) is 0 Å². The Morgan fingerprint density at radius 2 is 2.00 bits per heavy atom. The van der Waals surface area contributed by atoms with Gasteiger partial charge in [0.2, 0.25) is 0 Å². The van der Waals surface area contributed by atoms with Crippen molar-refractivity contribution in [1.82, 2.24) is 0 Å². The van der Waals surface area contributed by atoms with Gasteiger partial charge in [0, 0.05) is 22.2 Å². The summed E-state index contributed by atoms with van der Waals surface area (Å²) in [5.74, 6) is 0. The van der Waals surface area contributed by atoms with Crippen molar-refractivity contribution in [3.05, 3.63) is 6.26 Å². The molecule has 5 heavy (non-hydrogen) atoms. The summed E-state index contributed by atoms with van der Waals surface area (Å²) >= 11 is 0. The third kappa shape index (κ3) is 6010. The summed E-state index contributed by atoms with van der Waals surface area (Å²) in [7, 11) is -2.42. The van der Waals surface area contributed by atoms with Crippen molar-refractivity contribution in [2.75, 3.05) is 6.26 Å². The van der Waals surface area contributed by atoms with Crippen LogP contribution in [0.2, 0.25) is 0 Å². The molecule has 2 nitrogen and oxygen atoms in total. The summed E-state index contributed by atoms with van der Waals surface area (Å²) in [5, 5.41) is 0. The van der Waals surface area contributed by atoms with Crippen LogP contribution in [0.5, 0.6) is 0 Å². The molecule has 1 unspecified atom stereocenters. The summed E-state index contributed by atoms with van der Waals surface area (Å²) in [6.07, 6.45) is 4.24. The summed E-state index contributed by atoms with van der Waals surface area (Å²) in [5.41, 5.74) is 0. The molecule has 1 radical (unpaired) electrons. The van der Waals surface area contributed by atoms with Gasteiger partial charge in [-0.3, -0.25) is 8.99 Å². The second-order valence-electron chi connectivity index (χ2n) is 1.00. The second-order valence-corrected chi connectivity index (χ2v) is 3.01. The van der Waals surface area contributed by atoms with Gasteiger partial charge in [0.15, 0.2) is 0 Å². The standard InChI is InChI=1S/C2H6NOS/c1-5(2,3)4/h3H,1H2,2H3. The van der Waals surface area contributed by atoms with E-state index in [-0.39, 0.29) is 0 Å². The predicted octanol–water partition coefficient (Wildman–Crippen LogP) is 0.455. The maximum absolute atomic E-state index is 9.74.